The molecule has 0 radical (unpaired) electrons. The average molecular weight is 277 g/mol. The van der Waals surface area contributed by atoms with Crippen molar-refractivity contribution in [2.75, 3.05) is 7.11 Å². The van der Waals surface area contributed by atoms with Crippen LogP contribution < -0.4 is 15.2 Å². The van der Waals surface area contributed by atoms with Crippen LogP contribution >= 0.6 is 11.3 Å². The number of ether oxygens (including phenoxy) is 2. The lowest BCUT2D eigenvalue weighted by atomic mass is 10.1. The van der Waals surface area contributed by atoms with Crippen molar-refractivity contribution in [2.45, 2.75) is 13.0 Å². The zero-order chi connectivity index (χ0) is 13.8. The molecule has 0 amide bonds. The van der Waals surface area contributed by atoms with Crippen molar-refractivity contribution in [1.29, 1.82) is 0 Å². The quantitative estimate of drug-likeness (QED) is 0.689. The maximum atomic E-state index is 11.0. The highest BCUT2D eigenvalue weighted by molar-refractivity contribution is 7.10. The van der Waals surface area contributed by atoms with Crippen molar-refractivity contribution in [3.05, 3.63) is 46.2 Å². The predicted octanol–water partition coefficient (Wildman–Crippen LogP) is 2.73. The first-order valence-electron chi connectivity index (χ1n) is 5.77. The van der Waals surface area contributed by atoms with Gasteiger partial charge in [-0.1, -0.05) is 12.1 Å². The van der Waals surface area contributed by atoms with E-state index in [4.69, 9.17) is 15.2 Å². The van der Waals surface area contributed by atoms with Crippen LogP contribution in [0.15, 0.2) is 35.7 Å². The van der Waals surface area contributed by atoms with Crippen molar-refractivity contribution in [3.8, 4) is 11.5 Å². The summed E-state index contributed by atoms with van der Waals surface area (Å²) in [7, 11) is 1.53. The van der Waals surface area contributed by atoms with Crippen molar-refractivity contribution in [3.63, 3.8) is 0 Å². The normalized spacial score (nSPS) is 11.9. The Morgan fingerprint density at radius 2 is 2.11 bits per heavy atom. The van der Waals surface area contributed by atoms with Crippen molar-refractivity contribution < 1.29 is 14.3 Å². The Kier molecular flexibility index (Phi) is 4.19. The third-order valence-corrected chi connectivity index (χ3v) is 3.61. The molecule has 100 valence electrons. The molecule has 1 atom stereocenters. The van der Waals surface area contributed by atoms with Gasteiger partial charge in [0.2, 0.25) is 0 Å². The van der Waals surface area contributed by atoms with E-state index in [1.807, 2.05) is 23.6 Å². The highest BCUT2D eigenvalue weighted by Crippen LogP contribution is 2.32. The lowest BCUT2D eigenvalue weighted by molar-refractivity contribution is -0.132. The molecule has 2 N–H and O–H groups in total. The van der Waals surface area contributed by atoms with Crippen molar-refractivity contribution >= 4 is 17.3 Å². The summed E-state index contributed by atoms with van der Waals surface area (Å²) in [6, 6.07) is 9.07. The molecular formula is C14H15NO3S. The van der Waals surface area contributed by atoms with Gasteiger partial charge in [0.05, 0.1) is 13.2 Å². The van der Waals surface area contributed by atoms with E-state index in [-0.39, 0.29) is 12.0 Å². The third kappa shape index (κ3) is 3.13. The molecule has 0 aliphatic carbocycles. The minimum absolute atomic E-state index is 0.208. The monoisotopic (exact) mass is 277 g/mol. The standard InChI is InChI=1S/C14H15NO3S/c1-9(16)18-11-6-5-10(8-12(11)17-2)14(15)13-4-3-7-19-13/h3-8,14H,15H2,1-2H3/t14-/m1/s1. The van der Waals surface area contributed by atoms with Crippen LogP contribution in [-0.2, 0) is 4.79 Å². The lowest BCUT2D eigenvalue weighted by Crippen LogP contribution is -2.11. The topological polar surface area (TPSA) is 61.6 Å². The average Bonchev–Trinajstić information content (AvgIpc) is 2.91. The number of nitrogens with two attached hydrogens (primary N) is 1. The van der Waals surface area contributed by atoms with Gasteiger partial charge < -0.3 is 15.2 Å². The predicted molar refractivity (Wildman–Crippen MR) is 74.7 cm³/mol. The molecule has 0 saturated heterocycles. The first-order valence-corrected chi connectivity index (χ1v) is 6.65. The first kappa shape index (κ1) is 13.6. The zero-order valence-electron chi connectivity index (χ0n) is 10.8. The van der Waals surface area contributed by atoms with Crippen LogP contribution in [0.3, 0.4) is 0 Å². The largest absolute Gasteiger partial charge is 0.493 e. The molecule has 19 heavy (non-hydrogen) atoms. The summed E-state index contributed by atoms with van der Waals surface area (Å²) >= 11 is 1.60. The molecule has 5 heteroatoms. The number of hydrogen-bond donors (Lipinski definition) is 1. The number of carbonyl (C=O) groups excluding carboxylic acids is 1. The summed E-state index contributed by atoms with van der Waals surface area (Å²) in [6.07, 6.45) is 0. The van der Waals surface area contributed by atoms with Crippen molar-refractivity contribution in [2.24, 2.45) is 5.73 Å². The Labute approximate surface area is 115 Å². The molecule has 0 unspecified atom stereocenters. The summed E-state index contributed by atoms with van der Waals surface area (Å²) in [5.41, 5.74) is 7.09. The molecule has 0 bridgehead atoms. The van der Waals surface area contributed by atoms with Gasteiger partial charge in [-0.3, -0.25) is 4.79 Å². The molecular weight excluding hydrogens is 262 g/mol. The molecule has 2 rings (SSSR count). The summed E-state index contributed by atoms with van der Waals surface area (Å²) in [6.45, 7) is 1.35. The van der Waals surface area contributed by atoms with E-state index in [0.717, 1.165) is 10.4 Å². The van der Waals surface area contributed by atoms with Gasteiger partial charge in [0, 0.05) is 11.8 Å². The number of methoxy groups -OCH3 is 1. The lowest BCUT2D eigenvalue weighted by Gasteiger charge is -2.14. The number of hydrogen-bond acceptors (Lipinski definition) is 5. The maximum absolute atomic E-state index is 11.0. The molecule has 1 aromatic carbocycles. The summed E-state index contributed by atoms with van der Waals surface area (Å²) in [5.74, 6) is 0.519. The van der Waals surface area contributed by atoms with Crippen molar-refractivity contribution in [1.82, 2.24) is 0 Å². The van der Waals surface area contributed by atoms with E-state index in [0.29, 0.717) is 11.5 Å². The highest BCUT2D eigenvalue weighted by Gasteiger charge is 2.14. The Morgan fingerprint density at radius 1 is 1.32 bits per heavy atom. The van der Waals surface area contributed by atoms with Gasteiger partial charge in [0.1, 0.15) is 0 Å². The van der Waals surface area contributed by atoms with E-state index < -0.39 is 0 Å². The Morgan fingerprint density at radius 3 is 2.68 bits per heavy atom. The molecule has 0 fully saturated rings. The van der Waals surface area contributed by atoms with Crippen LogP contribution in [0, 0.1) is 0 Å². The van der Waals surface area contributed by atoms with Gasteiger partial charge in [0.15, 0.2) is 11.5 Å². The number of esters is 1. The van der Waals surface area contributed by atoms with E-state index in [2.05, 4.69) is 0 Å². The zero-order valence-corrected chi connectivity index (χ0v) is 11.6. The second-order valence-corrected chi connectivity index (χ2v) is 4.98. The van der Waals surface area contributed by atoms with Crippen LogP contribution in [0.2, 0.25) is 0 Å². The molecule has 4 nitrogen and oxygen atoms in total. The van der Waals surface area contributed by atoms with E-state index in [1.165, 1.54) is 14.0 Å². The molecule has 0 aliphatic rings. The van der Waals surface area contributed by atoms with E-state index >= 15 is 0 Å². The summed E-state index contributed by atoms with van der Waals surface area (Å²) < 4.78 is 10.3. The fourth-order valence-electron chi connectivity index (χ4n) is 1.75. The first-order chi connectivity index (χ1) is 9.11. The smallest absolute Gasteiger partial charge is 0.308 e. The van der Waals surface area contributed by atoms with Gasteiger partial charge in [-0.25, -0.2) is 0 Å². The Bertz CT molecular complexity index is 566. The molecule has 1 aromatic heterocycles. The molecule has 0 aliphatic heterocycles. The summed E-state index contributed by atoms with van der Waals surface area (Å²) in [5, 5.41) is 1.99. The highest BCUT2D eigenvalue weighted by atomic mass is 32.1. The van der Waals surface area contributed by atoms with Gasteiger partial charge in [-0.2, -0.15) is 0 Å². The van der Waals surface area contributed by atoms with Gasteiger partial charge in [0.25, 0.3) is 0 Å². The van der Waals surface area contributed by atoms with Crippen LogP contribution in [0.5, 0.6) is 11.5 Å². The minimum Gasteiger partial charge on any atom is -0.493 e. The number of rotatable bonds is 4. The van der Waals surface area contributed by atoms with Crippen LogP contribution in [0.1, 0.15) is 23.4 Å². The van der Waals surface area contributed by atoms with Gasteiger partial charge in [-0.15, -0.1) is 11.3 Å². The molecule has 0 saturated carbocycles. The minimum atomic E-state index is -0.381. The fourth-order valence-corrected chi connectivity index (χ4v) is 2.50. The third-order valence-electron chi connectivity index (χ3n) is 2.65. The van der Waals surface area contributed by atoms with E-state index in [9.17, 15) is 4.79 Å². The number of thiophene rings is 1. The summed E-state index contributed by atoms with van der Waals surface area (Å²) in [4.78, 5) is 12.1. The Balaban J connectivity index is 2.31. The fraction of sp³-hybridized carbons (Fsp3) is 0.214. The Hall–Kier alpha value is -1.85. The maximum Gasteiger partial charge on any atom is 0.308 e. The van der Waals surface area contributed by atoms with Gasteiger partial charge >= 0.3 is 5.97 Å². The van der Waals surface area contributed by atoms with Gasteiger partial charge in [-0.05, 0) is 29.1 Å². The molecule has 0 spiro atoms. The van der Waals surface area contributed by atoms with Crippen LogP contribution in [0.4, 0.5) is 0 Å². The number of carbonyl (C=O) groups is 1. The second-order valence-electron chi connectivity index (χ2n) is 4.00. The SMILES string of the molecule is COc1cc([C@@H](N)c2cccs2)ccc1OC(C)=O. The van der Waals surface area contributed by atoms with Crippen LogP contribution in [0.25, 0.3) is 0 Å². The molecule has 2 aromatic rings. The van der Waals surface area contributed by atoms with Crippen LogP contribution in [-0.4, -0.2) is 13.1 Å². The molecule has 1 heterocycles. The van der Waals surface area contributed by atoms with E-state index in [1.54, 1.807) is 23.5 Å². The second kappa shape index (κ2) is 5.86. The number of benzene rings is 1.